The van der Waals surface area contributed by atoms with Gasteiger partial charge >= 0.3 is 20.9 Å². The molecule has 5 aromatic carbocycles. The lowest BCUT2D eigenvalue weighted by atomic mass is 9.78. The third kappa shape index (κ3) is 6.72. The van der Waals surface area contributed by atoms with Crippen molar-refractivity contribution in [2.45, 2.75) is 24.0 Å². The van der Waals surface area contributed by atoms with Crippen molar-refractivity contribution in [2.75, 3.05) is 7.11 Å². The van der Waals surface area contributed by atoms with Crippen LogP contribution in [0.5, 0.6) is 5.75 Å². The van der Waals surface area contributed by atoms with Crippen molar-refractivity contribution in [1.29, 1.82) is 0 Å². The second-order valence-corrected chi connectivity index (χ2v) is 14.9. The number of methoxy groups -OCH3 is 1. The first-order chi connectivity index (χ1) is 23.2. The Kier molecular flexibility index (Phi) is 9.15. The van der Waals surface area contributed by atoms with Gasteiger partial charge in [-0.15, -0.1) is 5.10 Å². The van der Waals surface area contributed by atoms with Gasteiger partial charge in [-0.3, -0.25) is 9.13 Å². The lowest BCUT2D eigenvalue weighted by Gasteiger charge is -2.36. The highest BCUT2D eigenvalue weighted by molar-refractivity contribution is 7.60. The molecular weight excluding hydrogens is 674 g/mol. The normalized spacial score (nSPS) is 13.7. The van der Waals surface area contributed by atoms with Crippen LogP contribution in [0.15, 0.2) is 121 Å². The van der Waals surface area contributed by atoms with Gasteiger partial charge in [0.15, 0.2) is 0 Å². The van der Waals surface area contributed by atoms with E-state index in [0.717, 1.165) is 28.8 Å². The van der Waals surface area contributed by atoms with Crippen LogP contribution in [-0.4, -0.2) is 41.7 Å². The Morgan fingerprint density at radius 1 is 0.714 bits per heavy atom. The molecule has 0 saturated heterocycles. The number of hydrogen-bond donors (Lipinski definition) is 4. The fourth-order valence-electron chi connectivity index (χ4n) is 6.05. The maximum Gasteiger partial charge on any atom is 0.399 e. The van der Waals surface area contributed by atoms with E-state index in [1.54, 1.807) is 6.07 Å². The lowest BCUT2D eigenvalue weighted by molar-refractivity contribution is 0.0564. The summed E-state index contributed by atoms with van der Waals surface area (Å²) in [6.45, 7) is 0. The Labute approximate surface area is 280 Å². The van der Waals surface area contributed by atoms with Crippen LogP contribution in [0.2, 0.25) is 0 Å². The lowest BCUT2D eigenvalue weighted by Crippen LogP contribution is -2.40. The molecule has 252 valence electrons. The molecule has 0 aliphatic rings. The van der Waals surface area contributed by atoms with Crippen molar-refractivity contribution in [3.05, 3.63) is 144 Å². The molecule has 0 fully saturated rings. The molecule has 1 unspecified atom stereocenters. The molecule has 1 aromatic heterocycles. The minimum absolute atomic E-state index is 0.0832. The molecule has 6 aromatic rings. The Hall–Kier alpha value is -4.54. The fraction of sp³-hybridized carbons (Fsp3) is 0.143. The van der Waals surface area contributed by atoms with Crippen molar-refractivity contribution >= 4 is 31.5 Å². The molecule has 49 heavy (non-hydrogen) atoms. The molecule has 1 atom stereocenters. The Morgan fingerprint density at radius 3 is 1.88 bits per heavy atom. The van der Waals surface area contributed by atoms with Crippen molar-refractivity contribution in [3.8, 4) is 16.9 Å². The molecule has 0 amide bonds. The van der Waals surface area contributed by atoms with E-state index in [2.05, 4.69) is 10.3 Å². The van der Waals surface area contributed by atoms with E-state index in [-0.39, 0.29) is 17.5 Å². The van der Waals surface area contributed by atoms with Crippen LogP contribution >= 0.6 is 15.2 Å². The zero-order chi connectivity index (χ0) is 35.0. The summed E-state index contributed by atoms with van der Waals surface area (Å²) in [5.41, 5.74) is -1.13. The Balaban J connectivity index is 1.46. The number of halogens is 2. The van der Waals surface area contributed by atoms with Crippen LogP contribution in [0, 0.1) is 0 Å². The van der Waals surface area contributed by atoms with Gasteiger partial charge < -0.3 is 24.3 Å². The summed E-state index contributed by atoms with van der Waals surface area (Å²) < 4.78 is 59.7. The summed E-state index contributed by atoms with van der Waals surface area (Å²) in [6, 6.07) is 34.0. The predicted molar refractivity (Wildman–Crippen MR) is 181 cm³/mol. The maximum atomic E-state index is 14.5. The van der Waals surface area contributed by atoms with E-state index in [1.165, 1.54) is 31.4 Å². The smallest absolute Gasteiger partial charge is 0.399 e. The summed E-state index contributed by atoms with van der Waals surface area (Å²) in [7, 11) is -9.02. The van der Waals surface area contributed by atoms with Crippen LogP contribution in [0.3, 0.4) is 0 Å². The van der Waals surface area contributed by atoms with Crippen LogP contribution in [-0.2, 0) is 33.2 Å². The number of aromatic nitrogens is 3. The zero-order valence-electron chi connectivity index (χ0n) is 26.0. The second kappa shape index (κ2) is 13.1. The first-order valence-corrected chi connectivity index (χ1v) is 18.2. The molecule has 0 spiro atoms. The molecule has 14 heteroatoms. The fourth-order valence-corrected chi connectivity index (χ4v) is 7.30. The first kappa shape index (κ1) is 34.3. The quantitative estimate of drug-likeness (QED) is 0.113. The number of hydrogen-bond acceptors (Lipinski definition) is 5. The van der Waals surface area contributed by atoms with E-state index in [0.29, 0.717) is 28.6 Å². The van der Waals surface area contributed by atoms with Crippen molar-refractivity contribution in [1.82, 2.24) is 15.0 Å². The number of rotatable bonds is 11. The average Bonchev–Trinajstić information content (AvgIpc) is 3.53. The Morgan fingerprint density at radius 2 is 1.29 bits per heavy atom. The topological polar surface area (TPSA) is 155 Å². The highest BCUT2D eigenvalue weighted by Gasteiger charge is 2.50. The molecule has 0 saturated carbocycles. The minimum atomic E-state index is -5.75. The van der Waals surface area contributed by atoms with Gasteiger partial charge in [0.1, 0.15) is 16.6 Å². The van der Waals surface area contributed by atoms with Crippen molar-refractivity contribution in [3.63, 3.8) is 0 Å². The van der Waals surface area contributed by atoms with Gasteiger partial charge in [0, 0.05) is 18.4 Å². The number of fused-ring (bicyclic) bond motifs is 1. The molecule has 10 nitrogen and oxygen atoms in total. The first-order valence-electron chi connectivity index (χ1n) is 15.0. The standard InChI is InChI=1S/C35H31F2N3O7P2/c1-47-32-20-17-27(21-33(32)48(41,42)43)26-15-11-24(12-16-26)22-34(28-7-3-2-4-8-28,40-31-10-6-5-9-30(31)38-39-40)23-25-13-18-29(19-14-25)35(36,37)49(44,45)46/h2-21H,22-23H2,1H3,(H2,41,42,43)(H2,44,45,46). The number of nitrogens with zero attached hydrogens (tertiary/aromatic N) is 3. The minimum Gasteiger partial charge on any atom is -0.496 e. The van der Waals surface area contributed by atoms with E-state index < -0.39 is 32.0 Å². The van der Waals surface area contributed by atoms with E-state index in [9.17, 15) is 37.5 Å². The van der Waals surface area contributed by atoms with Gasteiger partial charge in [-0.2, -0.15) is 8.78 Å². The molecule has 6 rings (SSSR count). The molecule has 0 radical (unpaired) electrons. The monoisotopic (exact) mass is 705 g/mol. The molecule has 0 aliphatic heterocycles. The van der Waals surface area contributed by atoms with Gasteiger partial charge in [0.25, 0.3) is 0 Å². The summed E-state index contributed by atoms with van der Waals surface area (Å²) in [5.74, 6) is 0.0832. The second-order valence-electron chi connectivity index (χ2n) is 11.7. The molecule has 0 bridgehead atoms. The number of alkyl halides is 2. The molecular formula is C35H31F2N3O7P2. The average molecular weight is 706 g/mol. The van der Waals surface area contributed by atoms with Gasteiger partial charge in [-0.05, 0) is 52.1 Å². The zero-order valence-corrected chi connectivity index (χ0v) is 27.8. The van der Waals surface area contributed by atoms with Gasteiger partial charge in [0.05, 0.1) is 18.2 Å². The third-order valence-electron chi connectivity index (χ3n) is 8.51. The largest absolute Gasteiger partial charge is 0.496 e. The third-order valence-corrected chi connectivity index (χ3v) is 10.5. The summed E-state index contributed by atoms with van der Waals surface area (Å²) in [5, 5.41) is 8.79. The Bertz CT molecular complexity index is 2200. The van der Waals surface area contributed by atoms with E-state index in [4.69, 9.17) is 4.74 Å². The summed E-state index contributed by atoms with van der Waals surface area (Å²) >= 11 is 0. The number of ether oxygens (including phenoxy) is 1. The highest BCUT2D eigenvalue weighted by Crippen LogP contribution is 2.59. The van der Waals surface area contributed by atoms with Crippen LogP contribution in [0.1, 0.15) is 22.3 Å². The summed E-state index contributed by atoms with van der Waals surface area (Å²) in [4.78, 5) is 38.3. The van der Waals surface area contributed by atoms with Crippen molar-refractivity contribution < 1.29 is 42.2 Å². The van der Waals surface area contributed by atoms with Gasteiger partial charge in [-0.1, -0.05) is 102 Å². The molecule has 1 heterocycles. The number of benzene rings is 5. The van der Waals surface area contributed by atoms with Crippen LogP contribution < -0.4 is 10.0 Å². The SMILES string of the molecule is COc1ccc(-c2ccc(CC(Cc3ccc(C(F)(F)P(=O)(O)O)cc3)(c3ccccc3)n3nnc4ccccc43)cc2)cc1P(=O)(O)O. The molecule has 4 N–H and O–H groups in total. The van der Waals surface area contributed by atoms with Crippen LogP contribution in [0.4, 0.5) is 8.78 Å². The van der Waals surface area contributed by atoms with Crippen LogP contribution in [0.25, 0.3) is 22.2 Å². The number of para-hydroxylation sites is 1. The molecule has 0 aliphatic carbocycles. The van der Waals surface area contributed by atoms with Crippen molar-refractivity contribution in [2.24, 2.45) is 0 Å². The highest BCUT2D eigenvalue weighted by atomic mass is 31.2. The van der Waals surface area contributed by atoms with Gasteiger partial charge in [-0.25, -0.2) is 4.68 Å². The van der Waals surface area contributed by atoms with Gasteiger partial charge in [0.2, 0.25) is 0 Å². The predicted octanol–water partition coefficient (Wildman–Crippen LogP) is 6.37. The maximum absolute atomic E-state index is 14.5. The summed E-state index contributed by atoms with van der Waals surface area (Å²) in [6.07, 6.45) is 0.583. The van der Waals surface area contributed by atoms with E-state index >= 15 is 0 Å². The van der Waals surface area contributed by atoms with E-state index in [1.807, 2.05) is 83.5 Å².